The average Bonchev–Trinajstić information content (AvgIpc) is 3.59. The fourth-order valence-electron chi connectivity index (χ4n) is 6.15. The van der Waals surface area contributed by atoms with Crippen LogP contribution in [0.5, 0.6) is 0 Å². The Hall–Kier alpha value is -4.72. The number of carboxylic acid groups (broad SMARTS) is 2. The quantitative estimate of drug-likeness (QED) is 0.172. The second-order valence-electron chi connectivity index (χ2n) is 11.1. The summed E-state index contributed by atoms with van der Waals surface area (Å²) in [6.07, 6.45) is 11.8. The van der Waals surface area contributed by atoms with Gasteiger partial charge in [-0.3, -0.25) is 9.59 Å². The Morgan fingerprint density at radius 3 is 1.71 bits per heavy atom. The number of hydrogen-bond donors (Lipinski definition) is 6. The van der Waals surface area contributed by atoms with E-state index in [1.165, 1.54) is 11.1 Å². The molecule has 0 spiro atoms. The summed E-state index contributed by atoms with van der Waals surface area (Å²) in [5, 5.41) is 22.6. The molecule has 8 nitrogen and oxygen atoms in total. The lowest BCUT2D eigenvalue weighted by atomic mass is 10.0. The van der Waals surface area contributed by atoms with Crippen LogP contribution in [0.1, 0.15) is 87.0 Å². The highest BCUT2D eigenvalue weighted by atomic mass is 16.4. The number of aliphatic carboxylic acids is 2. The van der Waals surface area contributed by atoms with Crippen LogP contribution in [-0.4, -0.2) is 42.1 Å². The molecule has 5 rings (SSSR count). The lowest BCUT2D eigenvalue weighted by molar-refractivity contribution is -0.138. The minimum atomic E-state index is -0.860. The third-order valence-electron chi connectivity index (χ3n) is 8.61. The Bertz CT molecular complexity index is 1990. The van der Waals surface area contributed by atoms with Gasteiger partial charge >= 0.3 is 11.9 Å². The molecule has 42 heavy (non-hydrogen) atoms. The van der Waals surface area contributed by atoms with E-state index in [9.17, 15) is 19.8 Å². The van der Waals surface area contributed by atoms with Gasteiger partial charge in [0.25, 0.3) is 0 Å². The highest BCUT2D eigenvalue weighted by molar-refractivity contribution is 5.72. The standard InChI is InChI=1S/C34H38N4O4/c1-7-21-17(3)25-13-26-19(5)23(9-11-33(39)40)31(37-26)16-32-24(10-12-34(41)42)20(6)28(38-32)15-30-22(8-2)18(4)27(36-30)14-29(21)35-25/h8,13-16,35-38H,2,7,9-12H2,1,3-6H3,(H,39,40)(H,41,42)/b25-13-,26-13?,27-14?,28-15-,29-14-,30-15?,31-16?,32-16-. The summed E-state index contributed by atoms with van der Waals surface area (Å²) in [6, 6.07) is 0. The molecule has 0 radical (unpaired) electrons. The van der Waals surface area contributed by atoms with Gasteiger partial charge in [0, 0.05) is 62.6 Å². The fourth-order valence-corrected chi connectivity index (χ4v) is 6.15. The second kappa shape index (κ2) is 11.3. The van der Waals surface area contributed by atoms with E-state index in [-0.39, 0.29) is 12.8 Å². The minimum absolute atomic E-state index is 0.000225. The van der Waals surface area contributed by atoms with Gasteiger partial charge in [0.1, 0.15) is 0 Å². The Balaban J connectivity index is 1.91. The van der Waals surface area contributed by atoms with E-state index in [0.717, 1.165) is 84.0 Å². The van der Waals surface area contributed by atoms with Gasteiger partial charge in [-0.05, 0) is 110 Å². The smallest absolute Gasteiger partial charge is 0.303 e. The van der Waals surface area contributed by atoms with Gasteiger partial charge in [0.05, 0.1) is 0 Å². The van der Waals surface area contributed by atoms with Gasteiger partial charge in [-0.15, -0.1) is 0 Å². The summed E-state index contributed by atoms with van der Waals surface area (Å²) in [5.74, 6) is -1.71. The van der Waals surface area contributed by atoms with E-state index in [2.05, 4.69) is 65.5 Å². The van der Waals surface area contributed by atoms with Crippen molar-refractivity contribution in [1.29, 1.82) is 0 Å². The number of hydrogen-bond acceptors (Lipinski definition) is 2. The summed E-state index contributed by atoms with van der Waals surface area (Å²) >= 11 is 0. The SMILES string of the molecule is C=Cc1c2[nH]c(c1C)/C=c1\[nH]/c(c(C)c1CC)=C\c1[nH]c(c(CCC(=O)O)c1C)/C=c1\[nH]/c(c(C)c1CCC(=O)O)=C\2. The van der Waals surface area contributed by atoms with E-state index in [4.69, 9.17) is 0 Å². The first-order valence-electron chi connectivity index (χ1n) is 14.3. The lowest BCUT2D eigenvalue weighted by Crippen LogP contribution is -2.14. The van der Waals surface area contributed by atoms with Crippen molar-refractivity contribution in [2.75, 3.05) is 0 Å². The number of carboxylic acids is 2. The predicted octanol–water partition coefficient (Wildman–Crippen LogP) is 3.10. The van der Waals surface area contributed by atoms with Crippen LogP contribution in [-0.2, 0) is 28.9 Å². The van der Waals surface area contributed by atoms with Crippen LogP contribution in [0.3, 0.4) is 0 Å². The summed E-state index contributed by atoms with van der Waals surface area (Å²) in [7, 11) is 0. The molecule has 0 amide bonds. The molecule has 0 aliphatic carbocycles. The first-order valence-corrected chi connectivity index (χ1v) is 14.3. The molecule has 218 valence electrons. The number of carbonyl (C=O) groups is 2. The van der Waals surface area contributed by atoms with Crippen LogP contribution >= 0.6 is 0 Å². The van der Waals surface area contributed by atoms with Gasteiger partial charge in [-0.1, -0.05) is 19.6 Å². The van der Waals surface area contributed by atoms with Crippen molar-refractivity contribution in [2.24, 2.45) is 0 Å². The Labute approximate surface area is 243 Å². The van der Waals surface area contributed by atoms with Crippen molar-refractivity contribution in [2.45, 2.75) is 66.7 Å². The molecule has 0 fully saturated rings. The molecule has 8 bridgehead atoms. The predicted molar refractivity (Wildman–Crippen MR) is 166 cm³/mol. The van der Waals surface area contributed by atoms with E-state index in [1.54, 1.807) is 0 Å². The molecule has 4 aromatic rings. The highest BCUT2D eigenvalue weighted by Crippen LogP contribution is 2.23. The number of H-pyrrole nitrogens is 4. The van der Waals surface area contributed by atoms with Crippen molar-refractivity contribution < 1.29 is 19.8 Å². The lowest BCUT2D eigenvalue weighted by Gasteiger charge is -2.01. The Morgan fingerprint density at radius 2 is 1.12 bits per heavy atom. The maximum absolute atomic E-state index is 11.5. The van der Waals surface area contributed by atoms with Gasteiger partial charge in [-0.2, -0.15) is 0 Å². The number of nitrogens with one attached hydrogen (secondary N) is 4. The van der Waals surface area contributed by atoms with Crippen LogP contribution in [0, 0.1) is 27.7 Å². The first kappa shape index (κ1) is 28.8. The molecule has 0 saturated carbocycles. The van der Waals surface area contributed by atoms with Crippen LogP contribution in [0.25, 0.3) is 30.4 Å². The van der Waals surface area contributed by atoms with E-state index in [0.29, 0.717) is 12.8 Å². The molecule has 8 heteroatoms. The van der Waals surface area contributed by atoms with Crippen molar-refractivity contribution in [3.05, 3.63) is 95.3 Å². The van der Waals surface area contributed by atoms with Crippen LogP contribution in [0.15, 0.2) is 6.58 Å². The monoisotopic (exact) mass is 566 g/mol. The second-order valence-corrected chi connectivity index (χ2v) is 11.1. The third kappa shape index (κ3) is 5.20. The van der Waals surface area contributed by atoms with Gasteiger partial charge in [0.2, 0.25) is 0 Å². The van der Waals surface area contributed by atoms with Crippen LogP contribution < -0.4 is 21.4 Å². The van der Waals surface area contributed by atoms with Crippen molar-refractivity contribution >= 4 is 42.3 Å². The molecular formula is C34H38N4O4. The highest BCUT2D eigenvalue weighted by Gasteiger charge is 2.17. The summed E-state index contributed by atoms with van der Waals surface area (Å²) in [6.45, 7) is 14.4. The Kier molecular flexibility index (Phi) is 7.73. The molecule has 4 aromatic heterocycles. The molecule has 5 heterocycles. The molecule has 0 atom stereocenters. The number of fused-ring (bicyclic) bond motifs is 8. The fraction of sp³-hybridized carbons (Fsp3) is 0.294. The topological polar surface area (TPSA) is 138 Å². The number of aromatic nitrogens is 4. The molecule has 0 aromatic carbocycles. The molecule has 6 N–H and O–H groups in total. The van der Waals surface area contributed by atoms with Crippen LogP contribution in [0.2, 0.25) is 0 Å². The first-order chi connectivity index (χ1) is 20.0. The van der Waals surface area contributed by atoms with E-state index in [1.807, 2.05) is 26.0 Å². The zero-order chi connectivity index (χ0) is 30.3. The third-order valence-corrected chi connectivity index (χ3v) is 8.61. The molecule has 1 aliphatic rings. The minimum Gasteiger partial charge on any atom is -0.481 e. The summed E-state index contributed by atoms with van der Waals surface area (Å²) in [5.41, 5.74) is 11.9. The zero-order valence-corrected chi connectivity index (χ0v) is 24.8. The molecule has 1 aliphatic heterocycles. The molecule has 0 saturated heterocycles. The maximum Gasteiger partial charge on any atom is 0.303 e. The van der Waals surface area contributed by atoms with Crippen molar-refractivity contribution in [1.82, 2.24) is 19.9 Å². The summed E-state index contributed by atoms with van der Waals surface area (Å²) < 4.78 is 0. The van der Waals surface area contributed by atoms with Gasteiger partial charge in [0.15, 0.2) is 0 Å². The van der Waals surface area contributed by atoms with Gasteiger partial charge < -0.3 is 30.1 Å². The van der Waals surface area contributed by atoms with E-state index < -0.39 is 11.9 Å². The zero-order valence-electron chi connectivity index (χ0n) is 24.8. The average molecular weight is 567 g/mol. The molecular weight excluding hydrogens is 528 g/mol. The summed E-state index contributed by atoms with van der Waals surface area (Å²) in [4.78, 5) is 37.4. The maximum atomic E-state index is 11.5. The normalized spacial score (nSPS) is 15.5. The number of aromatic amines is 4. The largest absolute Gasteiger partial charge is 0.481 e. The molecule has 0 unspecified atom stereocenters. The Morgan fingerprint density at radius 1 is 0.643 bits per heavy atom. The van der Waals surface area contributed by atoms with E-state index >= 15 is 0 Å². The van der Waals surface area contributed by atoms with Crippen molar-refractivity contribution in [3.63, 3.8) is 0 Å². The van der Waals surface area contributed by atoms with Gasteiger partial charge in [-0.25, -0.2) is 0 Å². The van der Waals surface area contributed by atoms with Crippen LogP contribution in [0.4, 0.5) is 0 Å². The number of rotatable bonds is 8. The van der Waals surface area contributed by atoms with Crippen molar-refractivity contribution in [3.8, 4) is 0 Å².